The first-order chi connectivity index (χ1) is 14.8. The minimum atomic E-state index is -0.305. The molecule has 0 fully saturated rings. The van der Waals surface area contributed by atoms with Gasteiger partial charge in [-0.05, 0) is 42.3 Å². The molecule has 162 valence electrons. The topological polar surface area (TPSA) is 76.5 Å². The highest BCUT2D eigenvalue weighted by Gasteiger charge is 2.24. The van der Waals surface area contributed by atoms with Gasteiger partial charge in [-0.1, -0.05) is 31.5 Å². The van der Waals surface area contributed by atoms with Crippen molar-refractivity contribution in [1.29, 1.82) is 0 Å². The number of amides is 2. The maximum Gasteiger partial charge on any atom is 0.257 e. The van der Waals surface area contributed by atoms with E-state index in [1.807, 2.05) is 26.0 Å². The van der Waals surface area contributed by atoms with Crippen molar-refractivity contribution >= 4 is 29.1 Å². The Kier molecular flexibility index (Phi) is 6.97. The number of hydrogen-bond acceptors (Lipinski definition) is 4. The molecule has 0 aliphatic rings. The van der Waals surface area contributed by atoms with Crippen LogP contribution < -0.4 is 10.1 Å². The Hall–Kier alpha value is -3.32. The molecular formula is C23H25ClN4O3. The van der Waals surface area contributed by atoms with Gasteiger partial charge in [-0.15, -0.1) is 0 Å². The van der Waals surface area contributed by atoms with Gasteiger partial charge >= 0.3 is 0 Å². The van der Waals surface area contributed by atoms with Crippen molar-refractivity contribution in [3.05, 3.63) is 71.0 Å². The van der Waals surface area contributed by atoms with E-state index in [-0.39, 0.29) is 24.3 Å². The summed E-state index contributed by atoms with van der Waals surface area (Å²) in [5.41, 5.74) is 2.64. The van der Waals surface area contributed by atoms with Crippen molar-refractivity contribution in [3.8, 4) is 11.4 Å². The van der Waals surface area contributed by atoms with Gasteiger partial charge in [-0.3, -0.25) is 9.59 Å². The maximum atomic E-state index is 13.1. The first-order valence-electron chi connectivity index (χ1n) is 9.83. The summed E-state index contributed by atoms with van der Waals surface area (Å²) in [4.78, 5) is 26.9. The normalized spacial score (nSPS) is 10.8. The third kappa shape index (κ3) is 5.24. The van der Waals surface area contributed by atoms with E-state index in [4.69, 9.17) is 16.3 Å². The number of anilines is 1. The number of nitrogens with zero attached hydrogens (tertiary/aromatic N) is 3. The van der Waals surface area contributed by atoms with Crippen LogP contribution in [0.3, 0.4) is 0 Å². The summed E-state index contributed by atoms with van der Waals surface area (Å²) in [6.45, 7) is 3.89. The molecule has 0 saturated heterocycles. The summed E-state index contributed by atoms with van der Waals surface area (Å²) in [7, 11) is 3.15. The lowest BCUT2D eigenvalue weighted by Crippen LogP contribution is -2.35. The molecule has 1 aromatic heterocycles. The van der Waals surface area contributed by atoms with Gasteiger partial charge < -0.3 is 15.0 Å². The number of hydrogen-bond donors (Lipinski definition) is 1. The number of likely N-dealkylation sites (N-methyl/N-ethyl adjacent to an activating group) is 1. The molecular weight excluding hydrogens is 416 g/mol. The lowest BCUT2D eigenvalue weighted by Gasteiger charge is -2.19. The minimum absolute atomic E-state index is 0.0381. The number of aromatic nitrogens is 2. The zero-order valence-electron chi connectivity index (χ0n) is 17.9. The Balaban J connectivity index is 1.77. The zero-order valence-corrected chi connectivity index (χ0v) is 18.7. The van der Waals surface area contributed by atoms with E-state index in [1.54, 1.807) is 61.4 Å². The van der Waals surface area contributed by atoms with E-state index in [1.165, 1.54) is 4.90 Å². The summed E-state index contributed by atoms with van der Waals surface area (Å²) < 4.78 is 6.90. The predicted molar refractivity (Wildman–Crippen MR) is 121 cm³/mol. The summed E-state index contributed by atoms with van der Waals surface area (Å²) >= 11 is 5.99. The number of ether oxygens (including phenoxy) is 1. The van der Waals surface area contributed by atoms with Gasteiger partial charge in [-0.2, -0.15) is 5.10 Å². The Morgan fingerprint density at radius 1 is 1.19 bits per heavy atom. The highest BCUT2D eigenvalue weighted by molar-refractivity contribution is 6.30. The number of nitrogens with one attached hydrogen (secondary N) is 1. The molecule has 0 unspecified atom stereocenters. The van der Waals surface area contributed by atoms with Crippen molar-refractivity contribution in [2.45, 2.75) is 19.8 Å². The molecule has 3 aromatic rings. The Bertz CT molecular complexity index is 1080. The van der Waals surface area contributed by atoms with E-state index in [2.05, 4.69) is 10.4 Å². The monoisotopic (exact) mass is 440 g/mol. The lowest BCUT2D eigenvalue weighted by atomic mass is 10.0. The predicted octanol–water partition coefficient (Wildman–Crippen LogP) is 4.37. The van der Waals surface area contributed by atoms with Crippen molar-refractivity contribution in [1.82, 2.24) is 14.7 Å². The second-order valence-electron chi connectivity index (χ2n) is 7.43. The van der Waals surface area contributed by atoms with Crippen LogP contribution in [0, 0.1) is 0 Å². The molecule has 2 amide bonds. The summed E-state index contributed by atoms with van der Waals surface area (Å²) in [5, 5.41) is 7.82. The van der Waals surface area contributed by atoms with Gasteiger partial charge in [0.25, 0.3) is 5.91 Å². The Morgan fingerprint density at radius 3 is 2.55 bits per heavy atom. The number of carbonyl (C=O) groups is 2. The fourth-order valence-corrected chi connectivity index (χ4v) is 3.39. The largest absolute Gasteiger partial charge is 0.497 e. The van der Waals surface area contributed by atoms with Crippen molar-refractivity contribution in [2.24, 2.45) is 0 Å². The SMILES string of the molecule is COc1cccc(NC(=O)CN(C)C(=O)c2cnn(-c3ccc(Cl)cc3)c2C(C)C)c1. The van der Waals surface area contributed by atoms with Crippen LogP contribution in [0.5, 0.6) is 5.75 Å². The summed E-state index contributed by atoms with van der Waals surface area (Å²) in [6.07, 6.45) is 1.54. The molecule has 1 N–H and O–H groups in total. The molecule has 0 aliphatic heterocycles. The number of rotatable bonds is 7. The smallest absolute Gasteiger partial charge is 0.257 e. The van der Waals surface area contributed by atoms with Crippen LogP contribution in [-0.4, -0.2) is 47.2 Å². The highest BCUT2D eigenvalue weighted by Crippen LogP contribution is 2.25. The molecule has 0 spiro atoms. The van der Waals surface area contributed by atoms with Gasteiger partial charge in [0.15, 0.2) is 0 Å². The average molecular weight is 441 g/mol. The quantitative estimate of drug-likeness (QED) is 0.592. The van der Waals surface area contributed by atoms with E-state index in [0.29, 0.717) is 22.0 Å². The molecule has 31 heavy (non-hydrogen) atoms. The molecule has 2 aromatic carbocycles. The van der Waals surface area contributed by atoms with Gasteiger partial charge in [-0.25, -0.2) is 4.68 Å². The third-order valence-corrected chi connectivity index (χ3v) is 4.99. The number of carbonyl (C=O) groups excluding carboxylic acids is 2. The standard InChI is InChI=1S/C23H25ClN4O3/c1-15(2)22-20(13-25-28(22)18-10-8-16(24)9-11-18)23(30)27(3)14-21(29)26-17-6-5-7-19(12-17)31-4/h5-13,15H,14H2,1-4H3,(H,26,29). The van der Waals surface area contributed by atoms with Crippen LogP contribution in [0.1, 0.15) is 35.8 Å². The van der Waals surface area contributed by atoms with Gasteiger partial charge in [0.1, 0.15) is 5.75 Å². The van der Waals surface area contributed by atoms with Crippen LogP contribution >= 0.6 is 11.6 Å². The van der Waals surface area contributed by atoms with Crippen molar-refractivity contribution < 1.29 is 14.3 Å². The zero-order chi connectivity index (χ0) is 22.5. The number of halogens is 1. The fraction of sp³-hybridized carbons (Fsp3) is 0.261. The molecule has 0 aliphatic carbocycles. The fourth-order valence-electron chi connectivity index (χ4n) is 3.26. The van der Waals surface area contributed by atoms with Gasteiger partial charge in [0.2, 0.25) is 5.91 Å². The van der Waals surface area contributed by atoms with Crippen LogP contribution in [0.4, 0.5) is 5.69 Å². The molecule has 7 nitrogen and oxygen atoms in total. The second kappa shape index (κ2) is 9.66. The molecule has 0 radical (unpaired) electrons. The molecule has 3 rings (SSSR count). The number of benzene rings is 2. The Labute approximate surface area is 186 Å². The molecule has 1 heterocycles. The van der Waals surface area contributed by atoms with Gasteiger partial charge in [0.05, 0.1) is 36.8 Å². The van der Waals surface area contributed by atoms with Crippen LogP contribution in [0.15, 0.2) is 54.7 Å². The van der Waals surface area contributed by atoms with Crippen molar-refractivity contribution in [3.63, 3.8) is 0 Å². The first-order valence-corrected chi connectivity index (χ1v) is 10.2. The van der Waals surface area contributed by atoms with Crippen molar-refractivity contribution in [2.75, 3.05) is 26.0 Å². The minimum Gasteiger partial charge on any atom is -0.497 e. The van der Waals surface area contributed by atoms with E-state index < -0.39 is 0 Å². The highest BCUT2D eigenvalue weighted by atomic mass is 35.5. The first kappa shape index (κ1) is 22.4. The van der Waals surface area contributed by atoms with Crippen LogP contribution in [0.25, 0.3) is 5.69 Å². The molecule has 0 saturated carbocycles. The maximum absolute atomic E-state index is 13.1. The van der Waals surface area contributed by atoms with Crippen LogP contribution in [0.2, 0.25) is 5.02 Å². The molecule has 0 atom stereocenters. The van der Waals surface area contributed by atoms with E-state index in [0.717, 1.165) is 11.4 Å². The number of methoxy groups -OCH3 is 1. The molecule has 8 heteroatoms. The average Bonchev–Trinajstić information content (AvgIpc) is 3.19. The second-order valence-corrected chi connectivity index (χ2v) is 7.86. The third-order valence-electron chi connectivity index (χ3n) is 4.74. The summed E-state index contributed by atoms with van der Waals surface area (Å²) in [5.74, 6) is 0.0968. The Morgan fingerprint density at radius 2 is 1.90 bits per heavy atom. The van der Waals surface area contributed by atoms with E-state index in [9.17, 15) is 9.59 Å². The molecule has 0 bridgehead atoms. The van der Waals surface area contributed by atoms with Crippen LogP contribution in [-0.2, 0) is 4.79 Å². The van der Waals surface area contributed by atoms with E-state index >= 15 is 0 Å². The summed E-state index contributed by atoms with van der Waals surface area (Å²) in [6, 6.07) is 14.3. The lowest BCUT2D eigenvalue weighted by molar-refractivity contribution is -0.116. The van der Waals surface area contributed by atoms with Gasteiger partial charge in [0, 0.05) is 23.8 Å².